The molecule has 0 aliphatic heterocycles. The van der Waals surface area contributed by atoms with E-state index >= 15 is 0 Å². The lowest BCUT2D eigenvalue weighted by Crippen LogP contribution is -2.28. The number of anilines is 1. The fourth-order valence-corrected chi connectivity index (χ4v) is 3.19. The molecule has 1 aliphatic carbocycles. The van der Waals surface area contributed by atoms with Crippen LogP contribution >= 0.6 is 0 Å². The van der Waals surface area contributed by atoms with Crippen LogP contribution in [-0.2, 0) is 17.6 Å². The van der Waals surface area contributed by atoms with Gasteiger partial charge in [-0.05, 0) is 43.2 Å². The van der Waals surface area contributed by atoms with Crippen LogP contribution in [0.5, 0.6) is 0 Å². The number of fused-ring (bicyclic) bond motifs is 3. The van der Waals surface area contributed by atoms with E-state index in [4.69, 9.17) is 0 Å². The number of rotatable bonds is 2. The first-order valence-electron chi connectivity index (χ1n) is 7.72. The van der Waals surface area contributed by atoms with Crippen molar-refractivity contribution in [1.29, 1.82) is 0 Å². The minimum absolute atomic E-state index is 0.0628. The number of hydrogen-bond acceptors (Lipinski definition) is 2. The summed E-state index contributed by atoms with van der Waals surface area (Å²) in [4.78, 5) is 17.1. The summed E-state index contributed by atoms with van der Waals surface area (Å²) in [6.45, 7) is 0. The number of amides is 1. The number of hydrogen-bond donors (Lipinski definition) is 1. The Balaban J connectivity index is 1.56. The van der Waals surface area contributed by atoms with E-state index in [1.807, 2.05) is 24.4 Å². The zero-order valence-corrected chi connectivity index (χ0v) is 12.5. The highest BCUT2D eigenvalue weighted by Crippen LogP contribution is 2.27. The van der Waals surface area contributed by atoms with Crippen molar-refractivity contribution in [3.8, 4) is 0 Å². The first-order valence-corrected chi connectivity index (χ1v) is 7.72. The van der Waals surface area contributed by atoms with Crippen LogP contribution in [0.4, 0.5) is 10.1 Å². The van der Waals surface area contributed by atoms with Crippen LogP contribution in [0.3, 0.4) is 0 Å². The van der Waals surface area contributed by atoms with Crippen molar-refractivity contribution in [3.05, 3.63) is 65.9 Å². The molecule has 0 saturated carbocycles. The molecule has 116 valence electrons. The van der Waals surface area contributed by atoms with Gasteiger partial charge in [-0.25, -0.2) is 9.37 Å². The van der Waals surface area contributed by atoms with Gasteiger partial charge in [0.15, 0.2) is 0 Å². The van der Waals surface area contributed by atoms with Gasteiger partial charge in [0.2, 0.25) is 5.91 Å². The van der Waals surface area contributed by atoms with Gasteiger partial charge in [-0.2, -0.15) is 0 Å². The monoisotopic (exact) mass is 309 g/mol. The summed E-state index contributed by atoms with van der Waals surface area (Å²) >= 11 is 0. The maximum absolute atomic E-state index is 13.2. The van der Waals surface area contributed by atoms with Gasteiger partial charge in [0.25, 0.3) is 0 Å². The van der Waals surface area contributed by atoms with Crippen molar-refractivity contribution < 1.29 is 9.18 Å². The average molecular weight is 309 g/mol. The summed E-state index contributed by atoms with van der Waals surface area (Å²) in [6, 6.07) is 11.9. The Kier molecular flexibility index (Phi) is 3.33. The molecule has 1 unspecified atom stereocenters. The van der Waals surface area contributed by atoms with Crippen molar-refractivity contribution in [3.63, 3.8) is 0 Å². The molecule has 0 bridgehead atoms. The number of imidazole rings is 1. The molecule has 23 heavy (non-hydrogen) atoms. The normalized spacial score (nSPS) is 17.0. The second-order valence-electron chi connectivity index (χ2n) is 5.87. The predicted octanol–water partition coefficient (Wildman–Crippen LogP) is 3.22. The van der Waals surface area contributed by atoms with E-state index < -0.39 is 0 Å². The van der Waals surface area contributed by atoms with Gasteiger partial charge >= 0.3 is 0 Å². The molecule has 1 N–H and O–H groups in total. The highest BCUT2D eigenvalue weighted by molar-refractivity contribution is 5.92. The highest BCUT2D eigenvalue weighted by Gasteiger charge is 2.28. The third-order valence-electron chi connectivity index (χ3n) is 4.34. The lowest BCUT2D eigenvalue weighted by atomic mass is 9.89. The van der Waals surface area contributed by atoms with E-state index in [0.29, 0.717) is 12.1 Å². The molecular weight excluding hydrogens is 293 g/mol. The zero-order chi connectivity index (χ0) is 15.8. The van der Waals surface area contributed by atoms with Crippen LogP contribution in [0.2, 0.25) is 0 Å². The molecule has 4 nitrogen and oxygen atoms in total. The Morgan fingerprint density at radius 3 is 3.04 bits per heavy atom. The molecule has 4 rings (SSSR count). The van der Waals surface area contributed by atoms with Gasteiger partial charge in [-0.1, -0.05) is 12.1 Å². The number of aryl methyl sites for hydroxylation is 1. The molecule has 0 fully saturated rings. The van der Waals surface area contributed by atoms with Gasteiger partial charge in [0.05, 0.1) is 5.69 Å². The first kappa shape index (κ1) is 13.9. The lowest BCUT2D eigenvalue weighted by molar-refractivity contribution is -0.120. The molecule has 1 aromatic carbocycles. The molecule has 1 aliphatic rings. The van der Waals surface area contributed by atoms with Crippen molar-refractivity contribution in [1.82, 2.24) is 9.38 Å². The smallest absolute Gasteiger partial charge is 0.227 e. The minimum Gasteiger partial charge on any atom is -0.326 e. The number of pyridine rings is 1. The Morgan fingerprint density at radius 1 is 1.26 bits per heavy atom. The number of nitrogens with one attached hydrogen (secondary N) is 1. The predicted molar refractivity (Wildman–Crippen MR) is 85.7 cm³/mol. The van der Waals surface area contributed by atoms with Crippen molar-refractivity contribution in [2.45, 2.75) is 19.3 Å². The first-order chi connectivity index (χ1) is 11.2. The fraction of sp³-hybridized carbons (Fsp3) is 0.222. The molecule has 0 spiro atoms. The molecule has 1 amide bonds. The zero-order valence-electron chi connectivity index (χ0n) is 12.5. The number of carbonyl (C=O) groups excluding carboxylic acids is 1. The standard InChI is InChI=1S/C18H16FN3O/c19-13-4-3-5-14(11-13)20-18(23)12-7-8-15-16(10-12)22-9-2-1-6-17(22)21-15/h1-6,9,11-12H,7-8,10H2,(H,20,23). The maximum atomic E-state index is 13.2. The second-order valence-corrected chi connectivity index (χ2v) is 5.87. The van der Waals surface area contributed by atoms with Crippen LogP contribution in [0.1, 0.15) is 17.8 Å². The highest BCUT2D eigenvalue weighted by atomic mass is 19.1. The molecule has 2 aromatic heterocycles. The summed E-state index contributed by atoms with van der Waals surface area (Å²) in [6.07, 6.45) is 4.19. The van der Waals surface area contributed by atoms with Gasteiger partial charge in [-0.3, -0.25) is 4.79 Å². The SMILES string of the molecule is O=C(Nc1cccc(F)c1)C1CCc2nc3ccccn3c2C1. The van der Waals surface area contributed by atoms with E-state index in [0.717, 1.165) is 29.9 Å². The largest absolute Gasteiger partial charge is 0.326 e. The molecule has 0 radical (unpaired) electrons. The van der Waals surface area contributed by atoms with Crippen LogP contribution in [0, 0.1) is 11.7 Å². The second kappa shape index (κ2) is 5.50. The Morgan fingerprint density at radius 2 is 2.17 bits per heavy atom. The topological polar surface area (TPSA) is 46.4 Å². The quantitative estimate of drug-likeness (QED) is 0.790. The fourth-order valence-electron chi connectivity index (χ4n) is 3.19. The third kappa shape index (κ3) is 2.59. The van der Waals surface area contributed by atoms with Gasteiger partial charge in [0.1, 0.15) is 11.5 Å². The van der Waals surface area contributed by atoms with Gasteiger partial charge in [-0.15, -0.1) is 0 Å². The molecule has 5 heteroatoms. The molecule has 1 atom stereocenters. The van der Waals surface area contributed by atoms with E-state index in [2.05, 4.69) is 14.7 Å². The summed E-state index contributed by atoms with van der Waals surface area (Å²) in [5.74, 6) is -0.534. The Hall–Kier alpha value is -2.69. The minimum atomic E-state index is -0.351. The van der Waals surface area contributed by atoms with E-state index in [1.54, 1.807) is 12.1 Å². The Bertz CT molecular complexity index is 887. The van der Waals surface area contributed by atoms with Crippen LogP contribution < -0.4 is 5.32 Å². The van der Waals surface area contributed by atoms with Crippen molar-refractivity contribution >= 4 is 17.2 Å². The molecular formula is C18H16FN3O. The lowest BCUT2D eigenvalue weighted by Gasteiger charge is -2.21. The van der Waals surface area contributed by atoms with Crippen molar-refractivity contribution in [2.75, 3.05) is 5.32 Å². The Labute approximate surface area is 133 Å². The van der Waals surface area contributed by atoms with E-state index in [1.165, 1.54) is 12.1 Å². The van der Waals surface area contributed by atoms with Crippen LogP contribution in [0.15, 0.2) is 48.7 Å². The number of benzene rings is 1. The van der Waals surface area contributed by atoms with Gasteiger partial charge < -0.3 is 9.72 Å². The molecule has 3 aromatic rings. The number of aromatic nitrogens is 2. The molecule has 2 heterocycles. The third-order valence-corrected chi connectivity index (χ3v) is 4.34. The van der Waals surface area contributed by atoms with Crippen molar-refractivity contribution in [2.24, 2.45) is 5.92 Å². The number of carbonyl (C=O) groups is 1. The summed E-state index contributed by atoms with van der Waals surface area (Å²) in [7, 11) is 0. The van der Waals surface area contributed by atoms with Gasteiger partial charge in [0, 0.05) is 29.9 Å². The summed E-state index contributed by atoms with van der Waals surface area (Å²) in [5, 5.41) is 2.81. The van der Waals surface area contributed by atoms with Crippen LogP contribution in [0.25, 0.3) is 5.65 Å². The summed E-state index contributed by atoms with van der Waals surface area (Å²) < 4.78 is 15.3. The number of halogens is 1. The van der Waals surface area contributed by atoms with E-state index in [9.17, 15) is 9.18 Å². The average Bonchev–Trinajstić information content (AvgIpc) is 2.92. The van der Waals surface area contributed by atoms with E-state index in [-0.39, 0.29) is 17.6 Å². The van der Waals surface area contributed by atoms with Crippen LogP contribution in [-0.4, -0.2) is 15.3 Å². The number of nitrogens with zero attached hydrogens (tertiary/aromatic N) is 2. The molecule has 0 saturated heterocycles. The maximum Gasteiger partial charge on any atom is 0.227 e. The summed E-state index contributed by atoms with van der Waals surface area (Å²) in [5.41, 5.74) is 3.60.